The number of amides is 1. The third kappa shape index (κ3) is 3.67. The number of carboxylic acid groups (broad SMARTS) is 1. The predicted octanol–water partition coefficient (Wildman–Crippen LogP) is 1.77. The van der Waals surface area contributed by atoms with Gasteiger partial charge in [-0.25, -0.2) is 4.39 Å². The fraction of sp³-hybridized carbons (Fsp3) is 0.385. The molecule has 0 unspecified atom stereocenters. The molecule has 104 valence electrons. The fourth-order valence-corrected chi connectivity index (χ4v) is 1.73. The van der Waals surface area contributed by atoms with Crippen molar-refractivity contribution in [2.75, 3.05) is 20.2 Å². The molecule has 0 bridgehead atoms. The van der Waals surface area contributed by atoms with Crippen LogP contribution in [0.5, 0.6) is 5.75 Å². The lowest BCUT2D eigenvalue weighted by Crippen LogP contribution is -2.36. The van der Waals surface area contributed by atoms with E-state index in [1.54, 1.807) is 6.92 Å². The number of hydrogen-bond donors (Lipinski definition) is 1. The Kier molecular flexibility index (Phi) is 5.29. The van der Waals surface area contributed by atoms with E-state index in [2.05, 4.69) is 0 Å². The topological polar surface area (TPSA) is 66.8 Å². The number of methoxy groups -OCH3 is 1. The minimum absolute atomic E-state index is 0.0940. The molecule has 0 saturated heterocycles. The molecular formula is C13H16FNO4. The zero-order chi connectivity index (χ0) is 14.4. The molecule has 1 amide bonds. The van der Waals surface area contributed by atoms with Crippen LogP contribution in [0, 0.1) is 5.82 Å². The third-order valence-corrected chi connectivity index (χ3v) is 2.52. The van der Waals surface area contributed by atoms with Crippen LogP contribution in [0.3, 0.4) is 0 Å². The van der Waals surface area contributed by atoms with Gasteiger partial charge >= 0.3 is 5.97 Å². The lowest BCUT2D eigenvalue weighted by atomic mass is 10.1. The van der Waals surface area contributed by atoms with E-state index < -0.39 is 24.2 Å². The van der Waals surface area contributed by atoms with Gasteiger partial charge in [-0.2, -0.15) is 0 Å². The molecule has 0 radical (unpaired) electrons. The van der Waals surface area contributed by atoms with Crippen LogP contribution in [0.4, 0.5) is 4.39 Å². The SMILES string of the molecule is CCCN(CC(=O)O)C(=O)c1c(F)cccc1OC. The third-order valence-electron chi connectivity index (χ3n) is 2.52. The molecular weight excluding hydrogens is 253 g/mol. The Morgan fingerprint density at radius 3 is 2.63 bits per heavy atom. The molecule has 6 heteroatoms. The van der Waals surface area contributed by atoms with Gasteiger partial charge in [-0.3, -0.25) is 9.59 Å². The van der Waals surface area contributed by atoms with Gasteiger partial charge in [-0.15, -0.1) is 0 Å². The zero-order valence-corrected chi connectivity index (χ0v) is 10.9. The van der Waals surface area contributed by atoms with Crippen molar-refractivity contribution in [3.05, 3.63) is 29.6 Å². The highest BCUT2D eigenvalue weighted by Crippen LogP contribution is 2.23. The summed E-state index contributed by atoms with van der Waals surface area (Å²) in [6.07, 6.45) is 0.579. The summed E-state index contributed by atoms with van der Waals surface area (Å²) < 4.78 is 18.7. The molecule has 1 aromatic rings. The van der Waals surface area contributed by atoms with E-state index in [1.165, 1.54) is 19.2 Å². The molecule has 1 aromatic carbocycles. The van der Waals surface area contributed by atoms with Crippen molar-refractivity contribution in [1.82, 2.24) is 4.90 Å². The number of benzene rings is 1. The van der Waals surface area contributed by atoms with Crippen LogP contribution in [0.25, 0.3) is 0 Å². The summed E-state index contributed by atoms with van der Waals surface area (Å²) in [5.41, 5.74) is -0.236. The second-order valence-electron chi connectivity index (χ2n) is 3.94. The summed E-state index contributed by atoms with van der Waals surface area (Å²) in [4.78, 5) is 24.0. The van der Waals surface area contributed by atoms with Crippen molar-refractivity contribution < 1.29 is 23.8 Å². The molecule has 0 aliphatic rings. The molecule has 0 aromatic heterocycles. The van der Waals surface area contributed by atoms with Gasteiger partial charge in [0.1, 0.15) is 23.7 Å². The van der Waals surface area contributed by atoms with E-state index in [4.69, 9.17) is 9.84 Å². The van der Waals surface area contributed by atoms with Crippen molar-refractivity contribution in [1.29, 1.82) is 0 Å². The van der Waals surface area contributed by atoms with Crippen molar-refractivity contribution in [2.45, 2.75) is 13.3 Å². The van der Waals surface area contributed by atoms with Crippen molar-refractivity contribution in [3.63, 3.8) is 0 Å². The van der Waals surface area contributed by atoms with E-state index in [0.29, 0.717) is 6.42 Å². The van der Waals surface area contributed by atoms with Crippen LogP contribution in [0.1, 0.15) is 23.7 Å². The molecule has 0 atom stereocenters. The van der Waals surface area contributed by atoms with Crippen LogP contribution >= 0.6 is 0 Å². The molecule has 0 saturated carbocycles. The Bertz CT molecular complexity index is 476. The standard InChI is InChI=1S/C13H16FNO4/c1-3-7-15(8-11(16)17)13(18)12-9(14)5-4-6-10(12)19-2/h4-6H,3,7-8H2,1-2H3,(H,16,17). The Morgan fingerprint density at radius 1 is 1.42 bits per heavy atom. The second-order valence-corrected chi connectivity index (χ2v) is 3.94. The van der Waals surface area contributed by atoms with Gasteiger partial charge < -0.3 is 14.7 Å². The number of ether oxygens (including phenoxy) is 1. The number of rotatable bonds is 6. The van der Waals surface area contributed by atoms with E-state index in [-0.39, 0.29) is 17.9 Å². The maximum absolute atomic E-state index is 13.8. The minimum atomic E-state index is -1.14. The first-order chi connectivity index (χ1) is 9.01. The van der Waals surface area contributed by atoms with Gasteiger partial charge in [0.2, 0.25) is 0 Å². The monoisotopic (exact) mass is 269 g/mol. The maximum atomic E-state index is 13.8. The molecule has 19 heavy (non-hydrogen) atoms. The van der Waals surface area contributed by atoms with Crippen LogP contribution in [-0.4, -0.2) is 42.1 Å². The van der Waals surface area contributed by atoms with Crippen LogP contribution in [0.2, 0.25) is 0 Å². The Labute approximate surface area is 110 Å². The molecule has 0 fully saturated rings. The highest BCUT2D eigenvalue weighted by molar-refractivity contribution is 5.98. The minimum Gasteiger partial charge on any atom is -0.496 e. The van der Waals surface area contributed by atoms with Crippen molar-refractivity contribution >= 4 is 11.9 Å². The van der Waals surface area contributed by atoms with Crippen molar-refractivity contribution in [2.24, 2.45) is 0 Å². The first-order valence-corrected chi connectivity index (χ1v) is 5.84. The Hall–Kier alpha value is -2.11. The zero-order valence-electron chi connectivity index (χ0n) is 10.9. The fourth-order valence-electron chi connectivity index (χ4n) is 1.73. The molecule has 0 aliphatic heterocycles. The summed E-state index contributed by atoms with van der Waals surface area (Å²) in [7, 11) is 1.33. The summed E-state index contributed by atoms with van der Waals surface area (Å²) >= 11 is 0. The number of nitrogens with zero attached hydrogens (tertiary/aromatic N) is 1. The Morgan fingerprint density at radius 2 is 2.11 bits per heavy atom. The first-order valence-electron chi connectivity index (χ1n) is 5.84. The number of carbonyl (C=O) groups is 2. The molecule has 0 spiro atoms. The first kappa shape index (κ1) is 14.9. The highest BCUT2D eigenvalue weighted by Gasteiger charge is 2.24. The normalized spacial score (nSPS) is 10.1. The lowest BCUT2D eigenvalue weighted by molar-refractivity contribution is -0.137. The number of aliphatic carboxylic acids is 1. The van der Waals surface area contributed by atoms with Crippen LogP contribution in [-0.2, 0) is 4.79 Å². The summed E-state index contributed by atoms with van der Waals surface area (Å²) in [5.74, 6) is -2.45. The Balaban J connectivity index is 3.11. The number of hydrogen-bond acceptors (Lipinski definition) is 3. The predicted molar refractivity (Wildman–Crippen MR) is 66.8 cm³/mol. The van der Waals surface area contributed by atoms with Gasteiger partial charge in [0.25, 0.3) is 5.91 Å². The number of carboxylic acids is 1. The van der Waals surface area contributed by atoms with Gasteiger partial charge in [-0.1, -0.05) is 13.0 Å². The lowest BCUT2D eigenvalue weighted by Gasteiger charge is -2.21. The molecule has 5 nitrogen and oxygen atoms in total. The summed E-state index contributed by atoms with van der Waals surface area (Å²) in [5, 5.41) is 8.78. The number of halogens is 1. The molecule has 0 aliphatic carbocycles. The molecule has 1 rings (SSSR count). The van der Waals surface area contributed by atoms with E-state index >= 15 is 0 Å². The van der Waals surface area contributed by atoms with Crippen LogP contribution < -0.4 is 4.74 Å². The average Bonchev–Trinajstić information content (AvgIpc) is 2.36. The van der Waals surface area contributed by atoms with E-state index in [9.17, 15) is 14.0 Å². The summed E-state index contributed by atoms with van der Waals surface area (Å²) in [6.45, 7) is 1.58. The number of carbonyl (C=O) groups excluding carboxylic acids is 1. The van der Waals surface area contributed by atoms with Crippen LogP contribution in [0.15, 0.2) is 18.2 Å². The maximum Gasteiger partial charge on any atom is 0.323 e. The van der Waals surface area contributed by atoms with Gasteiger partial charge in [0, 0.05) is 6.54 Å². The van der Waals surface area contributed by atoms with E-state index in [1.807, 2.05) is 0 Å². The molecule has 0 heterocycles. The smallest absolute Gasteiger partial charge is 0.323 e. The molecule has 1 N–H and O–H groups in total. The second kappa shape index (κ2) is 6.72. The van der Waals surface area contributed by atoms with Crippen molar-refractivity contribution in [3.8, 4) is 5.75 Å². The average molecular weight is 269 g/mol. The van der Waals surface area contributed by atoms with Gasteiger partial charge in [-0.05, 0) is 18.6 Å². The largest absolute Gasteiger partial charge is 0.496 e. The van der Waals surface area contributed by atoms with Gasteiger partial charge in [0.15, 0.2) is 0 Å². The highest BCUT2D eigenvalue weighted by atomic mass is 19.1. The van der Waals surface area contributed by atoms with E-state index in [0.717, 1.165) is 11.0 Å². The van der Waals surface area contributed by atoms with Gasteiger partial charge in [0.05, 0.1) is 7.11 Å². The quantitative estimate of drug-likeness (QED) is 0.854. The summed E-state index contributed by atoms with van der Waals surface area (Å²) in [6, 6.07) is 4.02.